The first-order valence-corrected chi connectivity index (χ1v) is 11.4. The molecule has 2 aromatic carbocycles. The van der Waals surface area contributed by atoms with Crippen molar-refractivity contribution in [2.24, 2.45) is 0 Å². The molecule has 1 amide bonds. The van der Waals surface area contributed by atoms with Crippen molar-refractivity contribution in [3.8, 4) is 0 Å². The van der Waals surface area contributed by atoms with E-state index in [0.717, 1.165) is 33.3 Å². The van der Waals surface area contributed by atoms with E-state index in [1.807, 2.05) is 39.0 Å². The highest BCUT2D eigenvalue weighted by Gasteiger charge is 2.31. The van der Waals surface area contributed by atoms with Crippen LogP contribution in [0.1, 0.15) is 43.0 Å². The summed E-state index contributed by atoms with van der Waals surface area (Å²) < 4.78 is 25.8. The van der Waals surface area contributed by atoms with Crippen molar-refractivity contribution >= 4 is 27.3 Å². The monoisotopic (exact) mass is 433 g/mol. The smallest absolute Gasteiger partial charge is 0.271 e. The summed E-state index contributed by atoms with van der Waals surface area (Å²) in [5.41, 5.74) is 2.98. The van der Waals surface area contributed by atoms with Crippen molar-refractivity contribution in [3.63, 3.8) is 0 Å². The lowest BCUT2D eigenvalue weighted by molar-refractivity contribution is -0.384. The second-order valence-electron chi connectivity index (χ2n) is 7.32. The Bertz CT molecular complexity index is 1050. The van der Waals surface area contributed by atoms with Crippen molar-refractivity contribution in [3.05, 3.63) is 69.3 Å². The van der Waals surface area contributed by atoms with Crippen molar-refractivity contribution in [1.29, 1.82) is 0 Å². The number of non-ortho nitro benzene ring substituents is 1. The Morgan fingerprint density at radius 2 is 1.83 bits per heavy atom. The van der Waals surface area contributed by atoms with Gasteiger partial charge in [-0.25, -0.2) is 8.42 Å². The number of nitrogens with zero attached hydrogens (tertiary/aromatic N) is 2. The fourth-order valence-electron chi connectivity index (χ4n) is 3.25. The first kappa shape index (κ1) is 23.3. The van der Waals surface area contributed by atoms with Crippen molar-refractivity contribution < 1.29 is 18.1 Å². The molecule has 0 unspecified atom stereocenters. The molecule has 0 radical (unpaired) electrons. The van der Waals surface area contributed by atoms with E-state index in [9.17, 15) is 23.3 Å². The zero-order chi connectivity index (χ0) is 22.6. The van der Waals surface area contributed by atoms with Gasteiger partial charge in [0.05, 0.1) is 22.9 Å². The van der Waals surface area contributed by atoms with Gasteiger partial charge in [-0.1, -0.05) is 31.2 Å². The third-order valence-corrected chi connectivity index (χ3v) is 6.28. The summed E-state index contributed by atoms with van der Waals surface area (Å²) in [6.07, 6.45) is 1.59. The van der Waals surface area contributed by atoms with Gasteiger partial charge in [0.15, 0.2) is 0 Å². The van der Waals surface area contributed by atoms with Crippen LogP contribution in [0.25, 0.3) is 0 Å². The Labute approximate surface area is 177 Å². The molecule has 0 saturated carbocycles. The highest BCUT2D eigenvalue weighted by molar-refractivity contribution is 7.92. The second kappa shape index (κ2) is 9.25. The second-order valence-corrected chi connectivity index (χ2v) is 9.18. The number of nitrogens with one attached hydrogen (secondary N) is 1. The molecule has 0 aromatic heterocycles. The molecular formula is C21H27N3O5S. The number of benzene rings is 2. The number of carbonyl (C=O) groups is 1. The highest BCUT2D eigenvalue weighted by Crippen LogP contribution is 2.26. The molecule has 0 bridgehead atoms. The van der Waals surface area contributed by atoms with Crippen LogP contribution in [-0.4, -0.2) is 31.5 Å². The molecule has 0 aliphatic carbocycles. The number of hydrogen-bond donors (Lipinski definition) is 1. The van der Waals surface area contributed by atoms with Crippen LogP contribution >= 0.6 is 0 Å². The molecule has 0 aliphatic heterocycles. The number of amides is 1. The normalized spacial score (nSPS) is 13.4. The maximum atomic E-state index is 13.0. The molecule has 0 heterocycles. The van der Waals surface area contributed by atoms with Crippen LogP contribution in [0.3, 0.4) is 0 Å². The predicted octanol–water partition coefficient (Wildman–Crippen LogP) is 3.63. The van der Waals surface area contributed by atoms with Crippen LogP contribution in [0.2, 0.25) is 0 Å². The number of nitro groups is 1. The number of aryl methyl sites for hydroxylation is 2. The summed E-state index contributed by atoms with van der Waals surface area (Å²) in [6, 6.07) is 9.77. The Balaban J connectivity index is 2.34. The molecule has 9 heteroatoms. The number of carbonyl (C=O) groups excluding carboxylic acids is 1. The van der Waals surface area contributed by atoms with E-state index in [0.29, 0.717) is 6.42 Å². The zero-order valence-electron chi connectivity index (χ0n) is 17.7. The van der Waals surface area contributed by atoms with Crippen LogP contribution < -0.4 is 9.62 Å². The van der Waals surface area contributed by atoms with Gasteiger partial charge in [0.2, 0.25) is 15.9 Å². The summed E-state index contributed by atoms with van der Waals surface area (Å²) in [5.74, 6) is -0.489. The number of nitro benzene ring substituents is 1. The van der Waals surface area contributed by atoms with Gasteiger partial charge < -0.3 is 5.32 Å². The summed E-state index contributed by atoms with van der Waals surface area (Å²) in [4.78, 5) is 23.4. The lowest BCUT2D eigenvalue weighted by Crippen LogP contribution is -2.48. The Kier molecular flexibility index (Phi) is 7.20. The maximum absolute atomic E-state index is 13.0. The van der Waals surface area contributed by atoms with E-state index < -0.39 is 26.9 Å². The van der Waals surface area contributed by atoms with Crippen LogP contribution in [0.5, 0.6) is 0 Å². The topological polar surface area (TPSA) is 110 Å². The maximum Gasteiger partial charge on any atom is 0.271 e. The molecule has 1 N–H and O–H groups in total. The number of hydrogen-bond acceptors (Lipinski definition) is 5. The quantitative estimate of drug-likeness (QED) is 0.505. The van der Waals surface area contributed by atoms with E-state index >= 15 is 0 Å². The summed E-state index contributed by atoms with van der Waals surface area (Å²) in [7, 11) is -3.87. The molecule has 2 aromatic rings. The van der Waals surface area contributed by atoms with Gasteiger partial charge in [0.1, 0.15) is 6.04 Å². The summed E-state index contributed by atoms with van der Waals surface area (Å²) in [6.45, 7) is 7.38. The average Bonchev–Trinajstić information content (AvgIpc) is 2.67. The third-order valence-electron chi connectivity index (χ3n) is 5.04. The lowest BCUT2D eigenvalue weighted by atomic mass is 9.99. The molecule has 8 nitrogen and oxygen atoms in total. The first-order chi connectivity index (χ1) is 14.0. The van der Waals surface area contributed by atoms with Gasteiger partial charge in [-0.2, -0.15) is 0 Å². The van der Waals surface area contributed by atoms with E-state index in [1.54, 1.807) is 0 Å². The van der Waals surface area contributed by atoms with Crippen molar-refractivity contribution in [2.45, 2.75) is 46.2 Å². The van der Waals surface area contributed by atoms with Gasteiger partial charge in [0.25, 0.3) is 5.69 Å². The highest BCUT2D eigenvalue weighted by atomic mass is 32.2. The SMILES string of the molecule is CC[C@@H](NC(=O)[C@@H](C)N(c1cccc([N+](=O)[O-])c1)S(C)(=O)=O)c1ccc(C)c(C)c1. The van der Waals surface area contributed by atoms with Gasteiger partial charge in [-0.3, -0.25) is 19.2 Å². The molecule has 0 aliphatic rings. The minimum absolute atomic E-state index is 0.0635. The summed E-state index contributed by atoms with van der Waals surface area (Å²) >= 11 is 0. The molecule has 162 valence electrons. The fourth-order valence-corrected chi connectivity index (χ4v) is 4.41. The van der Waals surface area contributed by atoms with E-state index in [4.69, 9.17) is 0 Å². The zero-order valence-corrected chi connectivity index (χ0v) is 18.6. The Hall–Kier alpha value is -2.94. The van der Waals surface area contributed by atoms with E-state index in [-0.39, 0.29) is 17.4 Å². The number of rotatable bonds is 8. The number of sulfonamides is 1. The Morgan fingerprint density at radius 1 is 1.17 bits per heavy atom. The third kappa shape index (κ3) is 5.35. The molecule has 30 heavy (non-hydrogen) atoms. The molecule has 0 saturated heterocycles. The van der Waals surface area contributed by atoms with Gasteiger partial charge in [-0.05, 0) is 49.9 Å². The lowest BCUT2D eigenvalue weighted by Gasteiger charge is -2.29. The van der Waals surface area contributed by atoms with Crippen LogP contribution in [-0.2, 0) is 14.8 Å². The largest absolute Gasteiger partial charge is 0.347 e. The number of anilines is 1. The molecule has 2 atom stereocenters. The van der Waals surface area contributed by atoms with E-state index in [2.05, 4.69) is 5.32 Å². The first-order valence-electron chi connectivity index (χ1n) is 9.57. The van der Waals surface area contributed by atoms with Gasteiger partial charge in [-0.15, -0.1) is 0 Å². The van der Waals surface area contributed by atoms with Gasteiger partial charge in [0, 0.05) is 12.1 Å². The van der Waals surface area contributed by atoms with Crippen molar-refractivity contribution in [1.82, 2.24) is 5.32 Å². The minimum atomic E-state index is -3.87. The predicted molar refractivity (Wildman–Crippen MR) is 117 cm³/mol. The average molecular weight is 434 g/mol. The molecule has 0 spiro atoms. The van der Waals surface area contributed by atoms with Crippen LogP contribution in [0, 0.1) is 24.0 Å². The van der Waals surface area contributed by atoms with Crippen LogP contribution in [0.15, 0.2) is 42.5 Å². The standard InChI is InChI=1S/C21H27N3O5S/c1-6-20(17-11-10-14(2)15(3)12-17)22-21(25)16(4)23(30(5,28)29)18-8-7-9-19(13-18)24(26)27/h7-13,16,20H,6H2,1-5H3,(H,22,25)/t16-,20-/m1/s1. The Morgan fingerprint density at radius 3 is 2.37 bits per heavy atom. The van der Waals surface area contributed by atoms with Crippen LogP contribution in [0.4, 0.5) is 11.4 Å². The molecular weight excluding hydrogens is 406 g/mol. The van der Waals surface area contributed by atoms with Gasteiger partial charge >= 0.3 is 0 Å². The minimum Gasteiger partial charge on any atom is -0.347 e. The fraction of sp³-hybridized carbons (Fsp3) is 0.381. The molecule has 0 fully saturated rings. The van der Waals surface area contributed by atoms with Crippen molar-refractivity contribution in [2.75, 3.05) is 10.6 Å². The summed E-state index contributed by atoms with van der Waals surface area (Å²) in [5, 5.41) is 14.0. The van der Waals surface area contributed by atoms with E-state index in [1.165, 1.54) is 25.1 Å². The molecule has 2 rings (SSSR count).